The Hall–Kier alpha value is -1.51. The van der Waals surface area contributed by atoms with Crippen LogP contribution in [0.1, 0.15) is 6.42 Å². The van der Waals surface area contributed by atoms with Gasteiger partial charge in [0.05, 0.1) is 6.61 Å². The Morgan fingerprint density at radius 3 is 2.54 bits per heavy atom. The lowest BCUT2D eigenvalue weighted by Gasteiger charge is -2.14. The highest BCUT2D eigenvalue weighted by atomic mass is 16.5. The molecule has 0 saturated carbocycles. The molecule has 1 aliphatic rings. The standard InChI is InChI=1S/C10H10O3/c11-8-5-6-12-9-3-1-2-4-10(9)13-7-8/h1-4H,5-7H2. The molecule has 1 aliphatic heterocycles. The topological polar surface area (TPSA) is 35.5 Å². The molecule has 68 valence electrons. The van der Waals surface area contributed by atoms with Gasteiger partial charge in [0.2, 0.25) is 0 Å². The number of ether oxygens (including phenoxy) is 2. The van der Waals surface area contributed by atoms with Crippen molar-refractivity contribution in [3.63, 3.8) is 0 Å². The molecule has 0 saturated heterocycles. The van der Waals surface area contributed by atoms with Crippen LogP contribution >= 0.6 is 0 Å². The van der Waals surface area contributed by atoms with Crippen molar-refractivity contribution in [2.75, 3.05) is 13.2 Å². The first-order chi connectivity index (χ1) is 6.36. The number of ketones is 1. The highest BCUT2D eigenvalue weighted by Gasteiger charge is 2.11. The summed E-state index contributed by atoms with van der Waals surface area (Å²) < 4.78 is 10.6. The van der Waals surface area contributed by atoms with E-state index in [-0.39, 0.29) is 12.4 Å². The maximum absolute atomic E-state index is 11.0. The maximum atomic E-state index is 11.0. The summed E-state index contributed by atoms with van der Waals surface area (Å²) >= 11 is 0. The third kappa shape index (κ3) is 1.80. The third-order valence-electron chi connectivity index (χ3n) is 1.88. The van der Waals surface area contributed by atoms with Gasteiger partial charge in [0.25, 0.3) is 0 Å². The van der Waals surface area contributed by atoms with Crippen molar-refractivity contribution in [2.24, 2.45) is 0 Å². The molecule has 1 heterocycles. The van der Waals surface area contributed by atoms with E-state index < -0.39 is 0 Å². The van der Waals surface area contributed by atoms with Crippen LogP contribution in [0, 0.1) is 0 Å². The molecule has 0 atom stereocenters. The highest BCUT2D eigenvalue weighted by Crippen LogP contribution is 2.27. The predicted molar refractivity (Wildman–Crippen MR) is 47.1 cm³/mol. The minimum absolute atomic E-state index is 0.0782. The Balaban J connectivity index is 2.24. The van der Waals surface area contributed by atoms with Crippen LogP contribution in [0.4, 0.5) is 0 Å². The Morgan fingerprint density at radius 2 is 1.77 bits per heavy atom. The SMILES string of the molecule is O=C1CCOc2ccccc2OC1. The lowest BCUT2D eigenvalue weighted by atomic mass is 10.2. The zero-order valence-electron chi connectivity index (χ0n) is 7.16. The molecule has 3 nitrogen and oxygen atoms in total. The van der Waals surface area contributed by atoms with E-state index in [9.17, 15) is 4.79 Å². The van der Waals surface area contributed by atoms with Gasteiger partial charge in [-0.25, -0.2) is 0 Å². The minimum Gasteiger partial charge on any atom is -0.489 e. The number of rotatable bonds is 0. The summed E-state index contributed by atoms with van der Waals surface area (Å²) in [7, 11) is 0. The summed E-state index contributed by atoms with van der Waals surface area (Å²) in [6.45, 7) is 0.597. The Bertz CT molecular complexity index is 320. The van der Waals surface area contributed by atoms with E-state index in [1.165, 1.54) is 0 Å². The monoisotopic (exact) mass is 178 g/mol. The largest absolute Gasteiger partial charge is 0.489 e. The summed E-state index contributed by atoms with van der Waals surface area (Å²) in [4.78, 5) is 11.0. The fraction of sp³-hybridized carbons (Fsp3) is 0.300. The van der Waals surface area contributed by atoms with Crippen molar-refractivity contribution in [1.82, 2.24) is 0 Å². The van der Waals surface area contributed by atoms with E-state index in [0.29, 0.717) is 18.8 Å². The molecule has 2 rings (SSSR count). The van der Waals surface area contributed by atoms with E-state index in [1.807, 2.05) is 18.2 Å². The second-order valence-electron chi connectivity index (χ2n) is 2.87. The number of benzene rings is 1. The molecule has 0 aromatic heterocycles. The molecule has 13 heavy (non-hydrogen) atoms. The van der Waals surface area contributed by atoms with Gasteiger partial charge >= 0.3 is 0 Å². The van der Waals surface area contributed by atoms with Gasteiger partial charge in [-0.2, -0.15) is 0 Å². The van der Waals surface area contributed by atoms with E-state index >= 15 is 0 Å². The average molecular weight is 178 g/mol. The maximum Gasteiger partial charge on any atom is 0.173 e. The van der Waals surface area contributed by atoms with Crippen molar-refractivity contribution >= 4 is 5.78 Å². The fourth-order valence-electron chi connectivity index (χ4n) is 1.19. The van der Waals surface area contributed by atoms with Crippen molar-refractivity contribution in [2.45, 2.75) is 6.42 Å². The number of carbonyl (C=O) groups excluding carboxylic acids is 1. The van der Waals surface area contributed by atoms with Crippen LogP contribution in [0.2, 0.25) is 0 Å². The lowest BCUT2D eigenvalue weighted by Crippen LogP contribution is -2.17. The molecular weight excluding hydrogens is 168 g/mol. The van der Waals surface area contributed by atoms with Crippen LogP contribution < -0.4 is 9.47 Å². The van der Waals surface area contributed by atoms with Gasteiger partial charge in [0.15, 0.2) is 17.3 Å². The zero-order chi connectivity index (χ0) is 9.10. The summed E-state index contributed by atoms with van der Waals surface area (Å²) in [5, 5.41) is 0. The smallest absolute Gasteiger partial charge is 0.173 e. The fourth-order valence-corrected chi connectivity index (χ4v) is 1.19. The van der Waals surface area contributed by atoms with E-state index in [0.717, 1.165) is 5.75 Å². The predicted octanol–water partition coefficient (Wildman–Crippen LogP) is 1.42. The van der Waals surface area contributed by atoms with Gasteiger partial charge < -0.3 is 9.47 Å². The van der Waals surface area contributed by atoms with Crippen LogP contribution in [0.3, 0.4) is 0 Å². The van der Waals surface area contributed by atoms with Crippen molar-refractivity contribution < 1.29 is 14.3 Å². The van der Waals surface area contributed by atoms with Crippen molar-refractivity contribution in [3.05, 3.63) is 24.3 Å². The molecule has 0 unspecified atom stereocenters. The first kappa shape index (κ1) is 8.10. The van der Waals surface area contributed by atoms with Crippen molar-refractivity contribution in [1.29, 1.82) is 0 Å². The lowest BCUT2D eigenvalue weighted by molar-refractivity contribution is -0.121. The molecule has 0 radical (unpaired) electrons. The molecule has 0 N–H and O–H groups in total. The molecule has 0 bridgehead atoms. The van der Waals surface area contributed by atoms with Crippen LogP contribution in [0.5, 0.6) is 11.5 Å². The Labute approximate surface area is 76.3 Å². The molecule has 1 aromatic carbocycles. The number of Topliss-reactive ketones (excluding diaryl/α,β-unsaturated/α-hetero) is 1. The number of hydrogen-bond acceptors (Lipinski definition) is 3. The van der Waals surface area contributed by atoms with Gasteiger partial charge in [-0.05, 0) is 12.1 Å². The van der Waals surface area contributed by atoms with Crippen molar-refractivity contribution in [3.8, 4) is 11.5 Å². The van der Waals surface area contributed by atoms with Crippen LogP contribution in [-0.2, 0) is 4.79 Å². The van der Waals surface area contributed by atoms with E-state index in [4.69, 9.17) is 9.47 Å². The van der Waals surface area contributed by atoms with Gasteiger partial charge in [-0.1, -0.05) is 12.1 Å². The van der Waals surface area contributed by atoms with Gasteiger partial charge in [-0.3, -0.25) is 4.79 Å². The molecule has 1 aromatic rings. The minimum atomic E-state index is 0.0782. The first-order valence-corrected chi connectivity index (χ1v) is 4.22. The normalized spacial score (nSPS) is 16.2. The van der Waals surface area contributed by atoms with Gasteiger partial charge in [0, 0.05) is 6.42 Å². The van der Waals surface area contributed by atoms with Crippen LogP contribution in [-0.4, -0.2) is 19.0 Å². The molecule has 0 aliphatic carbocycles. The highest BCUT2D eigenvalue weighted by molar-refractivity contribution is 5.80. The number of fused-ring (bicyclic) bond motifs is 1. The molecular formula is C10H10O3. The number of carbonyl (C=O) groups is 1. The summed E-state index contributed by atoms with van der Waals surface area (Å²) in [5.74, 6) is 1.44. The van der Waals surface area contributed by atoms with E-state index in [2.05, 4.69) is 0 Å². The van der Waals surface area contributed by atoms with Gasteiger partial charge in [-0.15, -0.1) is 0 Å². The second kappa shape index (κ2) is 3.47. The zero-order valence-corrected chi connectivity index (χ0v) is 7.16. The number of para-hydroxylation sites is 2. The molecule has 0 amide bonds. The Morgan fingerprint density at radius 1 is 1.08 bits per heavy atom. The average Bonchev–Trinajstić information content (AvgIpc) is 2.13. The van der Waals surface area contributed by atoms with Crippen LogP contribution in [0.15, 0.2) is 24.3 Å². The van der Waals surface area contributed by atoms with Crippen LogP contribution in [0.25, 0.3) is 0 Å². The molecule has 0 fully saturated rings. The Kier molecular flexibility index (Phi) is 2.17. The quantitative estimate of drug-likeness (QED) is 0.602. The molecule has 0 spiro atoms. The second-order valence-corrected chi connectivity index (χ2v) is 2.87. The third-order valence-corrected chi connectivity index (χ3v) is 1.88. The summed E-state index contributed by atoms with van der Waals surface area (Å²) in [6.07, 6.45) is 0.425. The van der Waals surface area contributed by atoms with Gasteiger partial charge in [0.1, 0.15) is 6.61 Å². The number of hydrogen-bond donors (Lipinski definition) is 0. The summed E-state index contributed by atoms with van der Waals surface area (Å²) in [6, 6.07) is 7.37. The first-order valence-electron chi connectivity index (χ1n) is 4.22. The van der Waals surface area contributed by atoms with E-state index in [1.54, 1.807) is 6.07 Å². The molecule has 3 heteroatoms. The summed E-state index contributed by atoms with van der Waals surface area (Å²) in [5.41, 5.74) is 0.